The van der Waals surface area contributed by atoms with Gasteiger partial charge in [-0.15, -0.1) is 0 Å². The molecular formula is C24H27N5O5S. The summed E-state index contributed by atoms with van der Waals surface area (Å²) < 4.78 is 30.0. The molecule has 11 heteroatoms. The number of amides is 1. The van der Waals surface area contributed by atoms with Crippen LogP contribution < -0.4 is 16.6 Å². The maximum Gasteiger partial charge on any atom is 0.332 e. The zero-order valence-electron chi connectivity index (χ0n) is 19.7. The van der Waals surface area contributed by atoms with Crippen LogP contribution in [0.25, 0.3) is 11.0 Å². The van der Waals surface area contributed by atoms with Gasteiger partial charge in [-0.1, -0.05) is 6.07 Å². The quantitative estimate of drug-likeness (QED) is 0.577. The molecule has 1 saturated heterocycles. The Bertz CT molecular complexity index is 1570. The highest BCUT2D eigenvalue weighted by Gasteiger charge is 2.32. The van der Waals surface area contributed by atoms with Crippen LogP contribution >= 0.6 is 0 Å². The van der Waals surface area contributed by atoms with Crippen LogP contribution in [-0.4, -0.2) is 45.8 Å². The molecule has 2 aromatic heterocycles. The van der Waals surface area contributed by atoms with Crippen LogP contribution in [0.15, 0.2) is 44.9 Å². The molecule has 0 spiro atoms. The van der Waals surface area contributed by atoms with Crippen molar-refractivity contribution in [2.24, 2.45) is 20.0 Å². The second-order valence-electron chi connectivity index (χ2n) is 9.25. The Labute approximate surface area is 202 Å². The summed E-state index contributed by atoms with van der Waals surface area (Å²) >= 11 is 0. The molecule has 1 aromatic carbocycles. The van der Waals surface area contributed by atoms with E-state index in [4.69, 9.17) is 0 Å². The predicted molar refractivity (Wildman–Crippen MR) is 131 cm³/mol. The number of hydrogen-bond donors (Lipinski definition) is 1. The number of anilines is 1. The van der Waals surface area contributed by atoms with Gasteiger partial charge in [-0.05, 0) is 61.4 Å². The van der Waals surface area contributed by atoms with E-state index >= 15 is 0 Å². The van der Waals surface area contributed by atoms with Gasteiger partial charge in [0, 0.05) is 33.1 Å². The van der Waals surface area contributed by atoms with Gasteiger partial charge in [0.25, 0.3) is 5.56 Å². The van der Waals surface area contributed by atoms with Gasteiger partial charge in [-0.25, -0.2) is 18.2 Å². The number of carbonyl (C=O) groups is 1. The first-order valence-corrected chi connectivity index (χ1v) is 13.1. The maximum atomic E-state index is 13.2. The summed E-state index contributed by atoms with van der Waals surface area (Å²) in [4.78, 5) is 42.0. The van der Waals surface area contributed by atoms with E-state index in [1.165, 1.54) is 40.8 Å². The van der Waals surface area contributed by atoms with Gasteiger partial charge in [-0.3, -0.25) is 18.7 Å². The van der Waals surface area contributed by atoms with E-state index in [1.54, 1.807) is 12.1 Å². The summed E-state index contributed by atoms with van der Waals surface area (Å²) in [5.74, 6) is -0.609. The Morgan fingerprint density at radius 3 is 2.49 bits per heavy atom. The third kappa shape index (κ3) is 4.08. The van der Waals surface area contributed by atoms with Crippen LogP contribution in [0.3, 0.4) is 0 Å². The molecule has 35 heavy (non-hydrogen) atoms. The Hall–Kier alpha value is -3.31. The first-order chi connectivity index (χ1) is 16.7. The molecular weight excluding hydrogens is 470 g/mol. The van der Waals surface area contributed by atoms with Crippen LogP contribution in [0.2, 0.25) is 0 Å². The molecule has 3 aromatic rings. The molecule has 0 bridgehead atoms. The van der Waals surface area contributed by atoms with Crippen molar-refractivity contribution in [1.29, 1.82) is 0 Å². The van der Waals surface area contributed by atoms with Gasteiger partial charge in [0.1, 0.15) is 5.65 Å². The zero-order valence-corrected chi connectivity index (χ0v) is 20.5. The number of pyridine rings is 1. The molecule has 184 valence electrons. The third-order valence-electron chi connectivity index (χ3n) is 7.09. The normalized spacial score (nSPS) is 17.0. The number of carbonyl (C=O) groups excluding carboxylic acids is 1. The standard InChI is InChI=1S/C24H27N5O5S/c1-27-21-20(23(31)28(2)24(27)32)13-18(14-25-21)26-22(30)16-8-10-29(11-9-16)35(33,34)19-7-6-15-4-3-5-17(15)12-19/h6-7,12-14,16H,3-5,8-11H2,1-2H3,(H,26,30). The first kappa shape index (κ1) is 23.4. The van der Waals surface area contributed by atoms with Crippen LogP contribution in [0.4, 0.5) is 5.69 Å². The summed E-state index contributed by atoms with van der Waals surface area (Å²) in [6.45, 7) is 0.520. The molecule has 1 fully saturated rings. The number of fused-ring (bicyclic) bond motifs is 2. The number of nitrogens with one attached hydrogen (secondary N) is 1. The molecule has 1 N–H and O–H groups in total. The van der Waals surface area contributed by atoms with Crippen molar-refractivity contribution in [2.45, 2.75) is 37.0 Å². The number of piperidine rings is 1. The summed E-state index contributed by atoms with van der Waals surface area (Å²) in [5.41, 5.74) is 1.96. The van der Waals surface area contributed by atoms with E-state index in [2.05, 4.69) is 10.3 Å². The predicted octanol–water partition coefficient (Wildman–Crippen LogP) is 1.16. The maximum absolute atomic E-state index is 13.2. The van der Waals surface area contributed by atoms with Crippen molar-refractivity contribution in [1.82, 2.24) is 18.4 Å². The number of aromatic nitrogens is 3. The van der Waals surface area contributed by atoms with E-state index in [0.717, 1.165) is 29.4 Å². The lowest BCUT2D eigenvalue weighted by molar-refractivity contribution is -0.120. The summed E-state index contributed by atoms with van der Waals surface area (Å²) in [5, 5.41) is 3.02. The molecule has 2 aliphatic rings. The van der Waals surface area contributed by atoms with Crippen molar-refractivity contribution in [2.75, 3.05) is 18.4 Å². The van der Waals surface area contributed by atoms with Crippen molar-refractivity contribution >= 4 is 32.7 Å². The van der Waals surface area contributed by atoms with Gasteiger partial charge in [0.15, 0.2) is 0 Å². The fourth-order valence-electron chi connectivity index (χ4n) is 4.99. The summed E-state index contributed by atoms with van der Waals surface area (Å²) in [6.07, 6.45) is 5.16. The van der Waals surface area contributed by atoms with Crippen LogP contribution in [0.5, 0.6) is 0 Å². The molecule has 1 aliphatic heterocycles. The molecule has 10 nitrogen and oxygen atoms in total. The molecule has 3 heterocycles. The van der Waals surface area contributed by atoms with E-state index in [9.17, 15) is 22.8 Å². The average molecular weight is 498 g/mol. The number of rotatable bonds is 4. The lowest BCUT2D eigenvalue weighted by Crippen LogP contribution is -2.41. The first-order valence-electron chi connectivity index (χ1n) is 11.7. The Morgan fingerprint density at radius 2 is 1.74 bits per heavy atom. The van der Waals surface area contributed by atoms with Crippen LogP contribution in [0.1, 0.15) is 30.4 Å². The van der Waals surface area contributed by atoms with Gasteiger partial charge in [0.2, 0.25) is 15.9 Å². The van der Waals surface area contributed by atoms with Crippen LogP contribution in [-0.2, 0) is 41.8 Å². The molecule has 5 rings (SSSR count). The molecule has 0 unspecified atom stereocenters. The van der Waals surface area contributed by atoms with E-state index in [-0.39, 0.29) is 35.9 Å². The summed E-state index contributed by atoms with van der Waals surface area (Å²) in [7, 11) is -0.689. The van der Waals surface area contributed by atoms with Crippen LogP contribution in [0, 0.1) is 5.92 Å². The lowest BCUT2D eigenvalue weighted by Gasteiger charge is -2.30. The molecule has 0 atom stereocenters. The molecule has 1 aliphatic carbocycles. The SMILES string of the molecule is Cn1c(=O)c2cc(NC(=O)C3CCN(S(=O)(=O)c4ccc5c(c4)CCC5)CC3)cnc2n(C)c1=O. The Kier molecular flexibility index (Phi) is 5.84. The smallest absolute Gasteiger partial charge is 0.324 e. The molecule has 0 saturated carbocycles. The van der Waals surface area contributed by atoms with E-state index in [1.807, 2.05) is 6.07 Å². The number of aryl methyl sites for hydroxylation is 3. The minimum Gasteiger partial charge on any atom is -0.324 e. The highest BCUT2D eigenvalue weighted by molar-refractivity contribution is 7.89. The molecule has 1 amide bonds. The Balaban J connectivity index is 1.28. The number of benzene rings is 1. The second kappa shape index (κ2) is 8.72. The minimum absolute atomic E-state index is 0.225. The van der Waals surface area contributed by atoms with Crippen molar-refractivity contribution in [3.05, 3.63) is 62.4 Å². The van der Waals surface area contributed by atoms with Crippen molar-refractivity contribution < 1.29 is 13.2 Å². The topological polar surface area (TPSA) is 123 Å². The van der Waals surface area contributed by atoms with E-state index < -0.39 is 21.3 Å². The largest absolute Gasteiger partial charge is 0.332 e. The fourth-order valence-corrected chi connectivity index (χ4v) is 6.51. The minimum atomic E-state index is -3.61. The number of hydrogen-bond acceptors (Lipinski definition) is 6. The molecule has 0 radical (unpaired) electrons. The third-order valence-corrected chi connectivity index (χ3v) is 8.99. The van der Waals surface area contributed by atoms with E-state index in [0.29, 0.717) is 23.4 Å². The van der Waals surface area contributed by atoms with Gasteiger partial charge >= 0.3 is 5.69 Å². The van der Waals surface area contributed by atoms with Crippen molar-refractivity contribution in [3.63, 3.8) is 0 Å². The van der Waals surface area contributed by atoms with Gasteiger partial charge in [-0.2, -0.15) is 4.31 Å². The number of nitrogens with zero attached hydrogens (tertiary/aromatic N) is 4. The average Bonchev–Trinajstić information content (AvgIpc) is 3.34. The summed E-state index contributed by atoms with van der Waals surface area (Å²) in [6, 6.07) is 6.90. The highest BCUT2D eigenvalue weighted by Crippen LogP contribution is 2.29. The second-order valence-corrected chi connectivity index (χ2v) is 11.2. The zero-order chi connectivity index (χ0) is 24.9. The monoisotopic (exact) mass is 497 g/mol. The van der Waals surface area contributed by atoms with Gasteiger partial charge in [0.05, 0.1) is 22.2 Å². The fraction of sp³-hybridized carbons (Fsp3) is 0.417. The lowest BCUT2D eigenvalue weighted by atomic mass is 9.97. The van der Waals surface area contributed by atoms with Gasteiger partial charge < -0.3 is 5.32 Å². The Morgan fingerprint density at radius 1 is 1.03 bits per heavy atom. The number of sulfonamides is 1. The highest BCUT2D eigenvalue weighted by atomic mass is 32.2. The van der Waals surface area contributed by atoms with Crippen molar-refractivity contribution in [3.8, 4) is 0 Å².